The summed E-state index contributed by atoms with van der Waals surface area (Å²) in [7, 11) is -3.72. The van der Waals surface area contributed by atoms with Crippen LogP contribution in [0.3, 0.4) is 0 Å². The van der Waals surface area contributed by atoms with Crippen LogP contribution in [0.15, 0.2) is 32.2 Å². The molecule has 2 saturated heterocycles. The largest absolute Gasteiger partial charge is 0.438 e. The van der Waals surface area contributed by atoms with E-state index in [1.54, 1.807) is 17.9 Å². The lowest BCUT2D eigenvalue weighted by atomic mass is 9.95. The minimum absolute atomic E-state index is 0.00319. The summed E-state index contributed by atoms with van der Waals surface area (Å²) in [6.45, 7) is 3.43. The molecule has 2 amide bonds. The van der Waals surface area contributed by atoms with Gasteiger partial charge in [0.1, 0.15) is 5.76 Å². The number of carbonyl (C=O) groups excluding carboxylic acids is 2. The summed E-state index contributed by atoms with van der Waals surface area (Å²) >= 11 is 0. The third-order valence-corrected chi connectivity index (χ3v) is 7.51. The molecule has 2 aromatic heterocycles. The maximum Gasteiger partial charge on any atom is 0.289 e. The zero-order chi connectivity index (χ0) is 22.0. The van der Waals surface area contributed by atoms with Gasteiger partial charge in [0, 0.05) is 38.2 Å². The molecule has 1 N–H and O–H groups in total. The maximum atomic E-state index is 12.8. The second-order valence-electron chi connectivity index (χ2n) is 7.96. The van der Waals surface area contributed by atoms with Crippen molar-refractivity contribution in [2.75, 3.05) is 31.5 Å². The molecule has 0 bridgehead atoms. The quantitative estimate of drug-likeness (QED) is 0.740. The average molecular weight is 451 g/mol. The lowest BCUT2D eigenvalue weighted by Gasteiger charge is -2.30. The third-order valence-electron chi connectivity index (χ3n) is 5.73. The molecule has 11 heteroatoms. The van der Waals surface area contributed by atoms with Crippen LogP contribution in [0.5, 0.6) is 0 Å². The van der Waals surface area contributed by atoms with E-state index in [9.17, 15) is 18.0 Å². The molecule has 10 nitrogen and oxygen atoms in total. The van der Waals surface area contributed by atoms with Crippen LogP contribution in [-0.4, -0.2) is 60.8 Å². The molecule has 0 saturated carbocycles. The Morgan fingerprint density at radius 1 is 1.10 bits per heavy atom. The van der Waals surface area contributed by atoms with Crippen LogP contribution in [0.4, 0.5) is 5.82 Å². The van der Waals surface area contributed by atoms with Crippen molar-refractivity contribution in [1.82, 2.24) is 14.4 Å². The zero-order valence-electron chi connectivity index (χ0n) is 17.4. The molecule has 4 rings (SSSR count). The van der Waals surface area contributed by atoms with Gasteiger partial charge in [-0.05, 0) is 44.7 Å². The number of nitrogens with zero attached hydrogens (tertiary/aromatic N) is 3. The molecule has 0 unspecified atom stereocenters. The Balaban J connectivity index is 1.34. The number of hydrogen-bond acceptors (Lipinski definition) is 7. The lowest BCUT2D eigenvalue weighted by molar-refractivity contribution is -0.121. The lowest BCUT2D eigenvalue weighted by Crippen LogP contribution is -2.41. The SMILES string of the molecule is Cc1cc(NC(=O)C2CCN(C(=O)c3ccc(S(=O)(=O)N4CCCCC4)o3)CC2)no1. The number of furan rings is 1. The van der Waals surface area contributed by atoms with Crippen LogP contribution in [0.25, 0.3) is 0 Å². The summed E-state index contributed by atoms with van der Waals surface area (Å²) in [5.41, 5.74) is 0. The molecule has 168 valence electrons. The first-order chi connectivity index (χ1) is 14.8. The second-order valence-corrected chi connectivity index (χ2v) is 9.83. The van der Waals surface area contributed by atoms with Crippen molar-refractivity contribution < 1.29 is 26.9 Å². The molecule has 4 heterocycles. The smallest absolute Gasteiger partial charge is 0.289 e. The number of rotatable bonds is 5. The first-order valence-corrected chi connectivity index (χ1v) is 11.9. The minimum atomic E-state index is -3.72. The van der Waals surface area contributed by atoms with Crippen molar-refractivity contribution >= 4 is 27.7 Å². The van der Waals surface area contributed by atoms with Gasteiger partial charge in [-0.3, -0.25) is 9.59 Å². The van der Waals surface area contributed by atoms with Crippen molar-refractivity contribution in [3.05, 3.63) is 29.7 Å². The first kappa shape index (κ1) is 21.6. The van der Waals surface area contributed by atoms with Crippen molar-refractivity contribution in [2.24, 2.45) is 5.92 Å². The van der Waals surface area contributed by atoms with Crippen molar-refractivity contribution in [2.45, 2.75) is 44.1 Å². The number of aryl methyl sites for hydroxylation is 1. The fourth-order valence-corrected chi connectivity index (χ4v) is 5.39. The summed E-state index contributed by atoms with van der Waals surface area (Å²) < 4.78 is 37.2. The molecular weight excluding hydrogens is 424 g/mol. The highest BCUT2D eigenvalue weighted by molar-refractivity contribution is 7.89. The third kappa shape index (κ3) is 4.67. The number of anilines is 1. The number of nitrogens with one attached hydrogen (secondary N) is 1. The van der Waals surface area contributed by atoms with Crippen molar-refractivity contribution in [3.63, 3.8) is 0 Å². The van der Waals surface area contributed by atoms with Gasteiger partial charge in [0.2, 0.25) is 11.0 Å². The fourth-order valence-electron chi connectivity index (χ4n) is 3.96. The van der Waals surface area contributed by atoms with Crippen LogP contribution < -0.4 is 5.32 Å². The standard InChI is InChI=1S/C20H26N4O6S/c1-14-13-17(22-30-14)21-19(25)15-7-11-23(12-8-15)20(26)16-5-6-18(29-16)31(27,28)24-9-3-2-4-10-24/h5-6,13,15H,2-4,7-12H2,1H3,(H,21,22,25). The van der Waals surface area contributed by atoms with E-state index in [-0.39, 0.29) is 28.6 Å². The predicted octanol–water partition coefficient (Wildman–Crippen LogP) is 2.24. The number of hydrogen-bond donors (Lipinski definition) is 1. The van der Waals surface area contributed by atoms with E-state index in [0.717, 1.165) is 19.3 Å². The molecule has 2 fully saturated rings. The Kier molecular flexibility index (Phi) is 6.15. The average Bonchev–Trinajstić information content (AvgIpc) is 3.44. The van der Waals surface area contributed by atoms with Crippen LogP contribution in [-0.2, 0) is 14.8 Å². The van der Waals surface area contributed by atoms with Crippen LogP contribution >= 0.6 is 0 Å². The Labute approximate surface area is 180 Å². The van der Waals surface area contributed by atoms with E-state index in [1.807, 2.05) is 0 Å². The molecule has 0 aliphatic carbocycles. The van der Waals surface area contributed by atoms with E-state index in [2.05, 4.69) is 10.5 Å². The van der Waals surface area contributed by atoms with E-state index in [1.165, 1.54) is 16.4 Å². The van der Waals surface area contributed by atoms with E-state index in [4.69, 9.17) is 8.94 Å². The minimum Gasteiger partial charge on any atom is -0.438 e. The zero-order valence-corrected chi connectivity index (χ0v) is 18.2. The monoisotopic (exact) mass is 450 g/mol. The Bertz CT molecular complexity index is 1050. The van der Waals surface area contributed by atoms with Gasteiger partial charge in [-0.15, -0.1) is 0 Å². The summed E-state index contributed by atoms with van der Waals surface area (Å²) in [5.74, 6) is 0.207. The molecule has 2 aliphatic rings. The van der Waals surface area contributed by atoms with E-state index >= 15 is 0 Å². The van der Waals surface area contributed by atoms with Gasteiger partial charge < -0.3 is 19.2 Å². The predicted molar refractivity (Wildman–Crippen MR) is 110 cm³/mol. The van der Waals surface area contributed by atoms with E-state index in [0.29, 0.717) is 50.6 Å². The normalized spacial score (nSPS) is 18.8. The van der Waals surface area contributed by atoms with Crippen molar-refractivity contribution in [1.29, 1.82) is 0 Å². The first-order valence-electron chi connectivity index (χ1n) is 10.5. The molecule has 0 spiro atoms. The van der Waals surface area contributed by atoms with Crippen molar-refractivity contribution in [3.8, 4) is 0 Å². The van der Waals surface area contributed by atoms with Gasteiger partial charge in [-0.25, -0.2) is 8.42 Å². The van der Waals surface area contributed by atoms with Gasteiger partial charge in [0.25, 0.3) is 15.9 Å². The second kappa shape index (κ2) is 8.83. The van der Waals surface area contributed by atoms with Gasteiger partial charge >= 0.3 is 0 Å². The summed E-state index contributed by atoms with van der Waals surface area (Å²) in [6, 6.07) is 4.39. The number of carbonyl (C=O) groups is 2. The van der Waals surface area contributed by atoms with Gasteiger partial charge in [-0.1, -0.05) is 11.6 Å². The van der Waals surface area contributed by atoms with Crippen LogP contribution in [0.2, 0.25) is 0 Å². The number of likely N-dealkylation sites (tertiary alicyclic amines) is 1. The number of amides is 2. The van der Waals surface area contributed by atoms with Crippen LogP contribution in [0, 0.1) is 12.8 Å². The molecule has 2 aliphatic heterocycles. The molecule has 2 aromatic rings. The van der Waals surface area contributed by atoms with E-state index < -0.39 is 10.0 Å². The summed E-state index contributed by atoms with van der Waals surface area (Å²) in [6.07, 6.45) is 3.65. The molecule has 0 atom stereocenters. The molecule has 0 radical (unpaired) electrons. The molecule has 31 heavy (non-hydrogen) atoms. The summed E-state index contributed by atoms with van der Waals surface area (Å²) in [4.78, 5) is 26.8. The van der Waals surface area contributed by atoms with Gasteiger partial charge in [0.15, 0.2) is 11.6 Å². The Hall–Kier alpha value is -2.66. The highest BCUT2D eigenvalue weighted by Crippen LogP contribution is 2.25. The summed E-state index contributed by atoms with van der Waals surface area (Å²) in [5, 5.41) is 6.28. The van der Waals surface area contributed by atoms with Gasteiger partial charge in [0.05, 0.1) is 0 Å². The van der Waals surface area contributed by atoms with Crippen LogP contribution in [0.1, 0.15) is 48.4 Å². The Morgan fingerprint density at radius 2 is 1.81 bits per heavy atom. The molecular formula is C20H26N4O6S. The highest BCUT2D eigenvalue weighted by atomic mass is 32.2. The fraction of sp³-hybridized carbons (Fsp3) is 0.550. The Morgan fingerprint density at radius 3 is 2.45 bits per heavy atom. The highest BCUT2D eigenvalue weighted by Gasteiger charge is 2.32. The number of piperidine rings is 2. The molecule has 0 aromatic carbocycles. The number of sulfonamides is 1. The maximum absolute atomic E-state index is 12.8. The topological polar surface area (TPSA) is 126 Å². The van der Waals surface area contributed by atoms with Gasteiger partial charge in [-0.2, -0.15) is 4.31 Å². The number of aromatic nitrogens is 1.